The molecule has 5 heterocycles. The molecule has 8 aromatic rings. The Kier molecular flexibility index (Phi) is 6.90. The van der Waals surface area contributed by atoms with Crippen molar-refractivity contribution in [3.05, 3.63) is 210 Å². The van der Waals surface area contributed by atoms with Gasteiger partial charge in [0.15, 0.2) is 23.7 Å². The van der Waals surface area contributed by atoms with Crippen LogP contribution >= 0.6 is 7.55 Å². The molecule has 2 aliphatic carbocycles. The van der Waals surface area contributed by atoms with Gasteiger partial charge in [0, 0.05) is 68.2 Å². The van der Waals surface area contributed by atoms with E-state index in [4.69, 9.17) is 9.15 Å². The summed E-state index contributed by atoms with van der Waals surface area (Å²) in [6.45, 7) is 2.23. The molecule has 7 aromatic carbocycles. The maximum atomic E-state index is 7.24. The summed E-state index contributed by atoms with van der Waals surface area (Å²) in [4.78, 5) is 5.08. The molecule has 6 heteroatoms. The Balaban J connectivity index is 1.20. The van der Waals surface area contributed by atoms with Gasteiger partial charge < -0.3 is 19.0 Å². The van der Waals surface area contributed by atoms with E-state index in [0.29, 0.717) is 0 Å². The van der Waals surface area contributed by atoms with Crippen LogP contribution in [0.4, 0.5) is 28.4 Å². The van der Waals surface area contributed by atoms with E-state index >= 15 is 0 Å². The van der Waals surface area contributed by atoms with Gasteiger partial charge in [0.1, 0.15) is 28.3 Å². The molecule has 6 aliphatic rings. The summed E-state index contributed by atoms with van der Waals surface area (Å²) < 4.78 is 14.3. The second kappa shape index (κ2) is 12.5. The van der Waals surface area contributed by atoms with Crippen LogP contribution in [0.3, 0.4) is 0 Å². The number of hydrogen-bond donors (Lipinski definition) is 0. The summed E-state index contributed by atoms with van der Waals surface area (Å²) in [6, 6.07) is 58.1. The molecular formula is C55H37BN2O2P+. The highest BCUT2D eigenvalue weighted by atomic mass is 31.1. The number of benzene rings is 7. The van der Waals surface area contributed by atoms with Crippen molar-refractivity contribution in [3.63, 3.8) is 0 Å². The third kappa shape index (κ3) is 4.59. The Labute approximate surface area is 355 Å². The predicted molar refractivity (Wildman–Crippen MR) is 255 cm³/mol. The highest BCUT2D eigenvalue weighted by molar-refractivity contribution is 7.75. The number of furan rings is 1. The maximum absolute atomic E-state index is 7.24. The van der Waals surface area contributed by atoms with E-state index in [-0.39, 0.29) is 12.6 Å². The fourth-order valence-electron chi connectivity index (χ4n) is 11.2. The molecule has 286 valence electrons. The number of ether oxygens (including phenoxy) is 1. The molecule has 14 rings (SSSR count). The topological polar surface area (TPSA) is 28.9 Å². The van der Waals surface area contributed by atoms with Crippen LogP contribution in [0.5, 0.6) is 0 Å². The molecule has 0 radical (unpaired) electrons. The number of para-hydroxylation sites is 2. The highest BCUT2D eigenvalue weighted by Crippen LogP contribution is 2.56. The molecular weight excluding hydrogens is 762 g/mol. The molecule has 0 spiro atoms. The normalized spacial score (nSPS) is 18.4. The molecule has 2 unspecified atom stereocenters. The van der Waals surface area contributed by atoms with Crippen LogP contribution in [-0.2, 0) is 4.74 Å². The van der Waals surface area contributed by atoms with Crippen molar-refractivity contribution >= 4 is 91.5 Å². The van der Waals surface area contributed by atoms with E-state index in [9.17, 15) is 0 Å². The first-order valence-corrected chi connectivity index (χ1v) is 22.7. The van der Waals surface area contributed by atoms with Gasteiger partial charge in [-0.2, -0.15) is 0 Å². The number of rotatable bonds is 4. The van der Waals surface area contributed by atoms with Crippen molar-refractivity contribution in [1.29, 1.82) is 0 Å². The quantitative estimate of drug-likeness (QED) is 0.131. The van der Waals surface area contributed by atoms with Gasteiger partial charge in [0.2, 0.25) is 0 Å². The SMILES string of the molecule is Cc1cc2c3c(c1)N(c1ccccc1)c1c4c(cc5c1oc1ccc(-c6ccccc6)cc15)[P+](c1ccccc1)=C1C(=C(C=C5OC6=C(C=CCC6)C51)N2c1ccccc1)B34. The van der Waals surface area contributed by atoms with Gasteiger partial charge in [0.05, 0.1) is 5.69 Å². The van der Waals surface area contributed by atoms with E-state index in [1.165, 1.54) is 71.6 Å². The van der Waals surface area contributed by atoms with Crippen LogP contribution < -0.4 is 31.3 Å². The van der Waals surface area contributed by atoms with Crippen LogP contribution in [0.25, 0.3) is 33.1 Å². The second-order valence-electron chi connectivity index (χ2n) is 17.0. The highest BCUT2D eigenvalue weighted by Gasteiger charge is 2.59. The minimum atomic E-state index is -1.07. The van der Waals surface area contributed by atoms with E-state index in [2.05, 4.69) is 193 Å². The van der Waals surface area contributed by atoms with Gasteiger partial charge in [-0.3, -0.25) is 0 Å². The summed E-state index contributed by atoms with van der Waals surface area (Å²) in [5.74, 6) is 2.22. The number of anilines is 5. The average molecular weight is 800 g/mol. The minimum Gasteiger partial charge on any atom is -0.465 e. The zero-order valence-electron chi connectivity index (χ0n) is 33.5. The Morgan fingerprint density at radius 2 is 1.36 bits per heavy atom. The first-order chi connectivity index (χ1) is 30.2. The molecule has 0 amide bonds. The average Bonchev–Trinajstić information content (AvgIpc) is 3.88. The molecule has 2 atom stereocenters. The third-order valence-electron chi connectivity index (χ3n) is 13.6. The lowest BCUT2D eigenvalue weighted by Gasteiger charge is -2.47. The maximum Gasteiger partial charge on any atom is 0.263 e. The van der Waals surface area contributed by atoms with Crippen molar-refractivity contribution in [1.82, 2.24) is 0 Å². The summed E-state index contributed by atoms with van der Waals surface area (Å²) in [5, 5.41) is 6.55. The van der Waals surface area contributed by atoms with Gasteiger partial charge in [-0.05, 0) is 102 Å². The van der Waals surface area contributed by atoms with Gasteiger partial charge in [-0.15, -0.1) is 0 Å². The Bertz CT molecular complexity index is 3400. The summed E-state index contributed by atoms with van der Waals surface area (Å²) in [7, 11) is -1.07. The zero-order valence-corrected chi connectivity index (χ0v) is 34.4. The lowest BCUT2D eigenvalue weighted by atomic mass is 9.31. The largest absolute Gasteiger partial charge is 0.465 e. The van der Waals surface area contributed by atoms with Crippen LogP contribution in [0.2, 0.25) is 0 Å². The number of fused-ring (bicyclic) bond motifs is 7. The third-order valence-corrected chi connectivity index (χ3v) is 16.2. The van der Waals surface area contributed by atoms with E-state index < -0.39 is 7.55 Å². The van der Waals surface area contributed by atoms with E-state index in [0.717, 1.165) is 63.4 Å². The molecule has 4 nitrogen and oxygen atoms in total. The first kappa shape index (κ1) is 33.7. The number of hydrogen-bond acceptors (Lipinski definition) is 4. The number of nitrogens with zero attached hydrogens (tertiary/aromatic N) is 2. The fraction of sp³-hybridized carbons (Fsp3) is 0.0727. The molecule has 1 aromatic heterocycles. The first-order valence-electron chi connectivity index (χ1n) is 21.4. The van der Waals surface area contributed by atoms with Crippen LogP contribution in [-0.4, -0.2) is 12.0 Å². The molecule has 4 aliphatic heterocycles. The van der Waals surface area contributed by atoms with Crippen LogP contribution in [0.1, 0.15) is 18.4 Å². The van der Waals surface area contributed by atoms with Gasteiger partial charge in [0.25, 0.3) is 6.71 Å². The van der Waals surface area contributed by atoms with Crippen LogP contribution in [0.15, 0.2) is 209 Å². The molecule has 0 bridgehead atoms. The van der Waals surface area contributed by atoms with Gasteiger partial charge in [-0.25, -0.2) is 0 Å². The van der Waals surface area contributed by atoms with Crippen molar-refractivity contribution in [3.8, 4) is 11.1 Å². The van der Waals surface area contributed by atoms with E-state index in [1.54, 1.807) is 0 Å². The summed E-state index contributed by atoms with van der Waals surface area (Å²) in [5.41, 5.74) is 18.0. The van der Waals surface area contributed by atoms with Crippen molar-refractivity contribution < 1.29 is 9.15 Å². The number of aryl methyl sites for hydroxylation is 1. The molecule has 61 heavy (non-hydrogen) atoms. The van der Waals surface area contributed by atoms with Crippen molar-refractivity contribution in [2.75, 3.05) is 9.80 Å². The zero-order chi connectivity index (χ0) is 39.9. The monoisotopic (exact) mass is 799 g/mol. The lowest BCUT2D eigenvalue weighted by molar-refractivity contribution is 0.301. The molecule has 0 fully saturated rings. The fourth-order valence-corrected chi connectivity index (χ4v) is 14.2. The molecule has 0 N–H and O–H groups in total. The van der Waals surface area contributed by atoms with Gasteiger partial charge >= 0.3 is 0 Å². The Morgan fingerprint density at radius 3 is 2.11 bits per heavy atom. The summed E-state index contributed by atoms with van der Waals surface area (Å²) in [6.07, 6.45) is 9.06. The van der Waals surface area contributed by atoms with Crippen molar-refractivity contribution in [2.24, 2.45) is 5.92 Å². The predicted octanol–water partition coefficient (Wildman–Crippen LogP) is 11.7. The Hall–Kier alpha value is -7.07. The standard InChI is InChI=1S/C55H37BN2O2P/c1-33-28-42-50-43(29-33)58(37-20-10-4-11-21-37)53-52-48(31-41-40-30-35(34-16-6-2-7-17-34)26-27-46(40)60-54(41)53)61(38-22-12-5-13-23-38)55-49-39-24-14-15-25-45(39)59-47(49)32-44(51(55)56(50)52)57(42)36-18-8-3-9-19-36/h2-14,16-24,26-32,49H,15,25H2,1H3/q+1. The Morgan fingerprint density at radius 1 is 0.672 bits per heavy atom. The molecule has 0 saturated carbocycles. The lowest BCUT2D eigenvalue weighted by Crippen LogP contribution is -2.64. The smallest absolute Gasteiger partial charge is 0.263 e. The van der Waals surface area contributed by atoms with Crippen molar-refractivity contribution in [2.45, 2.75) is 19.8 Å². The van der Waals surface area contributed by atoms with E-state index in [1.807, 2.05) is 0 Å². The number of allylic oxidation sites excluding steroid dienone is 6. The van der Waals surface area contributed by atoms with Crippen LogP contribution in [0, 0.1) is 12.8 Å². The van der Waals surface area contributed by atoms with Gasteiger partial charge in [-0.1, -0.05) is 103 Å². The minimum absolute atomic E-state index is 0.0181. The second-order valence-corrected chi connectivity index (χ2v) is 19.1. The molecule has 0 saturated heterocycles. The summed E-state index contributed by atoms with van der Waals surface area (Å²) >= 11 is 0.